The number of ether oxygens (including phenoxy) is 1. The number of imidazole rings is 1. The number of aromatic nitrogens is 4. The Hall–Kier alpha value is -9.79. The fourth-order valence-corrected chi connectivity index (χ4v) is 17.2. The van der Waals surface area contributed by atoms with Crippen molar-refractivity contribution in [2.24, 2.45) is 0 Å². The first-order valence-corrected chi connectivity index (χ1v) is 33.0. The number of anilines is 6. The number of pyridine rings is 1. The first-order chi connectivity index (χ1) is 42.6. The van der Waals surface area contributed by atoms with Crippen molar-refractivity contribution in [3.63, 3.8) is 0 Å². The number of hydrogen-bond acceptors (Lipinski definition) is 4. The number of nitrogens with zero attached hydrogens (tertiary/aromatic N) is 6. The molecule has 3 aliphatic heterocycles. The van der Waals surface area contributed by atoms with Crippen LogP contribution in [-0.2, 0) is 26.5 Å². The second kappa shape index (κ2) is 20.4. The first kappa shape index (κ1) is 53.7. The zero-order chi connectivity index (χ0) is 58.3. The molecule has 0 atom stereocenters. The molecule has 0 radical (unpaired) electrons. The minimum Gasteiger partial charge on any atom is -0.510 e. The second-order valence-electron chi connectivity index (χ2n) is 24.7. The number of benzene rings is 11. The van der Waals surface area contributed by atoms with E-state index in [1.165, 1.54) is 32.3 Å². The zero-order valence-corrected chi connectivity index (χ0v) is 52.5. The minimum atomic E-state index is -2.33. The average Bonchev–Trinajstić information content (AvgIpc) is 1.31. The molecule has 88 heavy (non-hydrogen) atoms. The van der Waals surface area contributed by atoms with Crippen molar-refractivity contribution in [3.8, 4) is 50.9 Å². The predicted molar refractivity (Wildman–Crippen MR) is 360 cm³/mol. The van der Waals surface area contributed by atoms with Gasteiger partial charge in [0.2, 0.25) is 0 Å². The number of fused-ring (bicyclic) bond motifs is 10. The van der Waals surface area contributed by atoms with Crippen LogP contribution in [-0.4, -0.2) is 28.9 Å². The van der Waals surface area contributed by atoms with Crippen LogP contribution < -0.4 is 45.9 Å². The molecule has 0 aliphatic carbocycles. The van der Waals surface area contributed by atoms with Gasteiger partial charge in [0.25, 0.3) is 13.0 Å². The van der Waals surface area contributed by atoms with Gasteiger partial charge in [-0.15, -0.1) is 29.5 Å². The smallest absolute Gasteiger partial charge is 0.268 e. The Morgan fingerprint density at radius 2 is 1.12 bits per heavy atom. The summed E-state index contributed by atoms with van der Waals surface area (Å²) in [6.45, 7) is 11.6. The molecule has 0 saturated heterocycles. The van der Waals surface area contributed by atoms with Gasteiger partial charge in [0.05, 0.1) is 16.7 Å². The topological polar surface area (TPSA) is 42.3 Å². The van der Waals surface area contributed by atoms with Crippen LogP contribution in [0.5, 0.6) is 11.5 Å². The molecule has 0 bridgehead atoms. The van der Waals surface area contributed by atoms with E-state index >= 15 is 0 Å². The molecule has 7 nitrogen and oxygen atoms in total. The molecular weight excluding hydrogens is 1270 g/mol. The van der Waals surface area contributed by atoms with Gasteiger partial charge in [-0.2, -0.15) is 12.1 Å². The maximum atomic E-state index is 7.17. The summed E-state index contributed by atoms with van der Waals surface area (Å²) in [5, 5.41) is 4.78. The Labute approximate surface area is 528 Å². The van der Waals surface area contributed by atoms with Gasteiger partial charge in [-0.3, -0.25) is 4.57 Å². The van der Waals surface area contributed by atoms with Gasteiger partial charge in [0, 0.05) is 86.5 Å². The van der Waals surface area contributed by atoms with Crippen LogP contribution >= 0.6 is 0 Å². The Kier molecular flexibility index (Phi) is 12.4. The van der Waals surface area contributed by atoms with Gasteiger partial charge < -0.3 is 23.7 Å². The van der Waals surface area contributed by atoms with E-state index in [0.29, 0.717) is 11.5 Å². The van der Waals surface area contributed by atoms with Crippen molar-refractivity contribution >= 4 is 109 Å². The normalized spacial score (nSPS) is 13.4. The van der Waals surface area contributed by atoms with Crippen molar-refractivity contribution in [3.05, 3.63) is 279 Å². The summed E-state index contributed by atoms with van der Waals surface area (Å²) < 4.78 is 14.0. The maximum Gasteiger partial charge on any atom is 0.268 e. The third kappa shape index (κ3) is 8.13. The third-order valence-electron chi connectivity index (χ3n) is 18.3. The molecule has 0 N–H and O–H groups in total. The molecule has 14 aromatic rings. The van der Waals surface area contributed by atoms with Gasteiger partial charge in [-0.1, -0.05) is 220 Å². The molecule has 11 aromatic carbocycles. The van der Waals surface area contributed by atoms with Crippen LogP contribution in [0.15, 0.2) is 255 Å². The van der Waals surface area contributed by atoms with Crippen LogP contribution in [0.25, 0.3) is 72.3 Å². The molecule has 0 fully saturated rings. The monoisotopic (exact) mass is 1330 g/mol. The number of para-hydroxylation sites is 6. The molecular formula is C78H57BN6OPtSi-2. The molecule has 6 heterocycles. The van der Waals surface area contributed by atoms with Crippen molar-refractivity contribution < 1.29 is 30.4 Å². The summed E-state index contributed by atoms with van der Waals surface area (Å²) in [5.74, 6) is 1.97. The van der Waals surface area contributed by atoms with Crippen molar-refractivity contribution in [1.29, 1.82) is 0 Å². The summed E-state index contributed by atoms with van der Waals surface area (Å²) in [5.41, 5.74) is 22.2. The molecule has 0 spiro atoms. The Morgan fingerprint density at radius 1 is 0.545 bits per heavy atom. The summed E-state index contributed by atoms with van der Waals surface area (Å²) in [7, 11) is -2.33. The van der Waals surface area contributed by atoms with E-state index in [0.717, 1.165) is 106 Å². The molecule has 10 heteroatoms. The van der Waals surface area contributed by atoms with Crippen molar-refractivity contribution in [2.75, 3.05) is 9.80 Å². The minimum absolute atomic E-state index is 0. The first-order valence-electron chi connectivity index (χ1n) is 30.0. The standard InChI is InChI=1S/C78H57BN6OSi.Pt/c1-78(2,3)53-44-45-80-72(46-53)85-66-47-56(86-57-41-43-70-67(48-57)82-50-81(65-38-23-39-71(76(65)82)87(70,4)5)75-58(51-24-10-6-11-25-51)32-22-33-59(75)52-26-12-7-13-27-52)40-42-60(66)73-68(85)49-69-74-77(73)84(55-30-16-9-17-31-55)64-37-21-19-35-62(64)79(74)61-34-18-20-36-63(61)83(69)54-28-14-8-15-29-54;/h6-46,49H,1-5H3;/q-2;. The van der Waals surface area contributed by atoms with Crippen LogP contribution in [0.1, 0.15) is 26.3 Å². The van der Waals surface area contributed by atoms with Crippen LogP contribution in [0.2, 0.25) is 13.1 Å². The van der Waals surface area contributed by atoms with E-state index in [4.69, 9.17) is 9.72 Å². The average molecular weight is 1330 g/mol. The summed E-state index contributed by atoms with van der Waals surface area (Å²) in [6, 6.07) is 97.8. The number of hydrogen-bond donors (Lipinski definition) is 0. The number of rotatable bonds is 8. The van der Waals surface area contributed by atoms with E-state index < -0.39 is 8.07 Å². The predicted octanol–water partition coefficient (Wildman–Crippen LogP) is 15.4. The van der Waals surface area contributed by atoms with E-state index in [1.54, 1.807) is 0 Å². The molecule has 0 saturated carbocycles. The summed E-state index contributed by atoms with van der Waals surface area (Å²) >= 11 is 0. The SMILES string of the molecule is CC(C)(C)c1ccnc(-n2c3[c-]c(Oc4[c-]c5c(cc4)[Si](C)(C)c4cccc6c4n-5[c-][n+]6-c4c(-c5ccccc5)cccc4-c4ccccc4)ccc3c3c4c5c(cc32)N(c2ccccc2)c2ccccc2B5c2ccccc2N4c2ccccc2)c1.[Pt]. The van der Waals surface area contributed by atoms with Gasteiger partial charge in [-0.25, -0.2) is 4.98 Å². The van der Waals surface area contributed by atoms with Crippen molar-refractivity contribution in [2.45, 2.75) is 39.3 Å². The molecule has 17 rings (SSSR count). The Bertz CT molecular complexity index is 5050. The van der Waals surface area contributed by atoms with E-state index in [1.807, 2.05) is 6.20 Å². The van der Waals surface area contributed by atoms with E-state index in [-0.39, 0.29) is 33.2 Å². The fraction of sp³-hybridized carbons (Fsp3) is 0.0769. The fourth-order valence-electron chi connectivity index (χ4n) is 14.3. The maximum absolute atomic E-state index is 7.17. The van der Waals surface area contributed by atoms with Gasteiger partial charge in [-0.05, 0) is 115 Å². The van der Waals surface area contributed by atoms with Gasteiger partial charge >= 0.3 is 0 Å². The molecule has 3 aromatic heterocycles. The zero-order valence-electron chi connectivity index (χ0n) is 49.2. The van der Waals surface area contributed by atoms with Gasteiger partial charge in [0.15, 0.2) is 0 Å². The largest absolute Gasteiger partial charge is 0.510 e. The van der Waals surface area contributed by atoms with Crippen molar-refractivity contribution in [1.82, 2.24) is 14.1 Å². The van der Waals surface area contributed by atoms with Crippen LogP contribution in [0.4, 0.5) is 34.1 Å². The molecule has 424 valence electrons. The van der Waals surface area contributed by atoms with Crippen LogP contribution in [0, 0.1) is 18.5 Å². The third-order valence-corrected chi connectivity index (χ3v) is 21.8. The van der Waals surface area contributed by atoms with Crippen LogP contribution in [0.3, 0.4) is 0 Å². The Morgan fingerprint density at radius 3 is 1.78 bits per heavy atom. The van der Waals surface area contributed by atoms with E-state index in [2.05, 4.69) is 325 Å². The molecule has 0 unspecified atom stereocenters. The molecule has 3 aliphatic rings. The van der Waals surface area contributed by atoms with E-state index in [9.17, 15) is 0 Å². The second-order valence-corrected chi connectivity index (χ2v) is 29.0. The summed E-state index contributed by atoms with van der Waals surface area (Å²) in [4.78, 5) is 10.2. The summed E-state index contributed by atoms with van der Waals surface area (Å²) in [6.07, 6.45) is 5.92. The molecule has 0 amide bonds. The van der Waals surface area contributed by atoms with Gasteiger partial charge in [0.1, 0.15) is 5.82 Å². The quantitative estimate of drug-likeness (QED) is 0.0864. The Balaban J connectivity index is 0.00000624.